The SMILES string of the molecule is O=S(=O)(NCC1CCCO1)c1ccc(S(=O)(=O)n2cnc3ccccc32)cc1. The molecule has 1 N–H and O–H groups in total. The molecule has 0 amide bonds. The number of para-hydroxylation sites is 2. The number of nitrogens with one attached hydrogen (secondary N) is 1. The van der Waals surface area contributed by atoms with E-state index in [2.05, 4.69) is 9.71 Å². The molecule has 4 rings (SSSR count). The number of ether oxygens (including phenoxy) is 1. The zero-order valence-corrected chi connectivity index (χ0v) is 16.5. The molecule has 1 saturated heterocycles. The lowest BCUT2D eigenvalue weighted by molar-refractivity contribution is 0.114. The van der Waals surface area contributed by atoms with E-state index in [1.165, 1.54) is 30.6 Å². The minimum Gasteiger partial charge on any atom is -0.377 e. The third-order valence-corrected chi connectivity index (χ3v) is 7.75. The molecule has 1 aliphatic rings. The molecule has 0 spiro atoms. The Balaban J connectivity index is 1.58. The fourth-order valence-electron chi connectivity index (χ4n) is 3.12. The van der Waals surface area contributed by atoms with Gasteiger partial charge in [0.15, 0.2) is 0 Å². The first-order valence-electron chi connectivity index (χ1n) is 8.77. The number of imidazole rings is 1. The molecule has 0 aliphatic carbocycles. The summed E-state index contributed by atoms with van der Waals surface area (Å²) in [5.74, 6) is 0. The van der Waals surface area contributed by atoms with Crippen LogP contribution in [-0.2, 0) is 24.8 Å². The van der Waals surface area contributed by atoms with Crippen LogP contribution in [0.15, 0.2) is 64.6 Å². The number of fused-ring (bicyclic) bond motifs is 1. The third kappa shape index (κ3) is 3.55. The van der Waals surface area contributed by atoms with E-state index in [0.29, 0.717) is 17.6 Å². The number of rotatable bonds is 6. The topological polar surface area (TPSA) is 107 Å². The normalized spacial score (nSPS) is 17.9. The average Bonchev–Trinajstić information content (AvgIpc) is 3.36. The van der Waals surface area contributed by atoms with Gasteiger partial charge in [0.25, 0.3) is 10.0 Å². The average molecular weight is 422 g/mol. The fourth-order valence-corrected chi connectivity index (χ4v) is 5.48. The van der Waals surface area contributed by atoms with Gasteiger partial charge in [0, 0.05) is 13.2 Å². The first-order valence-corrected chi connectivity index (χ1v) is 11.7. The Morgan fingerprint density at radius 2 is 1.75 bits per heavy atom. The highest BCUT2D eigenvalue weighted by atomic mass is 32.2. The van der Waals surface area contributed by atoms with Crippen LogP contribution >= 0.6 is 0 Å². The summed E-state index contributed by atoms with van der Waals surface area (Å²) < 4.78 is 59.7. The van der Waals surface area contributed by atoms with E-state index in [9.17, 15) is 16.8 Å². The first-order chi connectivity index (χ1) is 13.4. The summed E-state index contributed by atoms with van der Waals surface area (Å²) in [5, 5.41) is 0. The summed E-state index contributed by atoms with van der Waals surface area (Å²) in [5.41, 5.74) is 1.01. The number of nitrogens with zero attached hydrogens (tertiary/aromatic N) is 2. The Labute approximate surface area is 163 Å². The van der Waals surface area contributed by atoms with E-state index < -0.39 is 20.0 Å². The van der Waals surface area contributed by atoms with Crippen LogP contribution in [0.1, 0.15) is 12.8 Å². The van der Waals surface area contributed by atoms with Gasteiger partial charge >= 0.3 is 0 Å². The van der Waals surface area contributed by atoms with Gasteiger partial charge in [-0.1, -0.05) is 12.1 Å². The van der Waals surface area contributed by atoms with E-state index in [1.54, 1.807) is 24.3 Å². The molecule has 0 saturated carbocycles. The van der Waals surface area contributed by atoms with Crippen LogP contribution < -0.4 is 4.72 Å². The predicted octanol–water partition coefficient (Wildman–Crippen LogP) is 1.73. The van der Waals surface area contributed by atoms with Crippen molar-refractivity contribution in [3.63, 3.8) is 0 Å². The second-order valence-electron chi connectivity index (χ2n) is 6.49. The fraction of sp³-hybridized carbons (Fsp3) is 0.278. The molecule has 1 fully saturated rings. The van der Waals surface area contributed by atoms with Gasteiger partial charge in [0.1, 0.15) is 6.33 Å². The van der Waals surface area contributed by atoms with Crippen molar-refractivity contribution < 1.29 is 21.6 Å². The van der Waals surface area contributed by atoms with Crippen molar-refractivity contribution >= 4 is 31.1 Å². The first kappa shape index (κ1) is 19.1. The summed E-state index contributed by atoms with van der Waals surface area (Å²) in [6.45, 7) is 0.839. The lowest BCUT2D eigenvalue weighted by Crippen LogP contribution is -2.31. The Bertz CT molecular complexity index is 1200. The molecule has 0 bridgehead atoms. The summed E-state index contributed by atoms with van der Waals surface area (Å²) in [7, 11) is -7.63. The summed E-state index contributed by atoms with van der Waals surface area (Å²) in [6, 6.07) is 12.0. The standard InChI is InChI=1S/C18H19N3O5S2/c22-27(23,20-12-14-4-3-11-26-14)15-7-9-16(10-8-15)28(24,25)21-13-19-17-5-1-2-6-18(17)21/h1-2,5-10,13-14,20H,3-4,11-12H2. The van der Waals surface area contributed by atoms with Gasteiger partial charge in [-0.3, -0.25) is 0 Å². The Hall–Kier alpha value is -2.27. The van der Waals surface area contributed by atoms with Gasteiger partial charge in [-0.25, -0.2) is 30.5 Å². The summed E-state index contributed by atoms with van der Waals surface area (Å²) in [4.78, 5) is 4.08. The maximum absolute atomic E-state index is 12.9. The van der Waals surface area contributed by atoms with Crippen LogP contribution in [0.5, 0.6) is 0 Å². The smallest absolute Gasteiger partial charge is 0.269 e. The number of aromatic nitrogens is 2. The molecule has 148 valence electrons. The van der Waals surface area contributed by atoms with Crippen LogP contribution in [0, 0.1) is 0 Å². The largest absolute Gasteiger partial charge is 0.377 e. The molecule has 1 aliphatic heterocycles. The zero-order chi connectivity index (χ0) is 19.8. The summed E-state index contributed by atoms with van der Waals surface area (Å²) in [6.07, 6.45) is 2.86. The van der Waals surface area contributed by atoms with Crippen LogP contribution in [0.25, 0.3) is 11.0 Å². The molecular formula is C18H19N3O5S2. The van der Waals surface area contributed by atoms with E-state index >= 15 is 0 Å². The van der Waals surface area contributed by atoms with Gasteiger partial charge in [-0.15, -0.1) is 0 Å². The lowest BCUT2D eigenvalue weighted by atomic mass is 10.2. The van der Waals surface area contributed by atoms with E-state index in [4.69, 9.17) is 4.74 Å². The van der Waals surface area contributed by atoms with Gasteiger partial charge in [0.2, 0.25) is 10.0 Å². The number of sulfonamides is 1. The van der Waals surface area contributed by atoms with Crippen LogP contribution in [-0.4, -0.2) is 45.0 Å². The minimum atomic E-state index is -3.89. The van der Waals surface area contributed by atoms with Crippen molar-refractivity contribution in [2.24, 2.45) is 0 Å². The van der Waals surface area contributed by atoms with Crippen molar-refractivity contribution in [2.45, 2.75) is 28.7 Å². The third-order valence-electron chi connectivity index (χ3n) is 4.64. The number of benzene rings is 2. The molecule has 2 heterocycles. The van der Waals surface area contributed by atoms with Crippen molar-refractivity contribution in [3.8, 4) is 0 Å². The Morgan fingerprint density at radius 1 is 1.04 bits per heavy atom. The molecule has 1 atom stereocenters. The second kappa shape index (κ2) is 7.28. The van der Waals surface area contributed by atoms with Gasteiger partial charge in [0.05, 0.1) is 26.9 Å². The molecule has 0 radical (unpaired) electrons. The monoisotopic (exact) mass is 421 g/mol. The lowest BCUT2D eigenvalue weighted by Gasteiger charge is -2.12. The molecule has 10 heteroatoms. The molecule has 28 heavy (non-hydrogen) atoms. The van der Waals surface area contributed by atoms with Crippen molar-refractivity contribution in [1.29, 1.82) is 0 Å². The quantitative estimate of drug-likeness (QED) is 0.650. The number of hydrogen-bond acceptors (Lipinski definition) is 6. The van der Waals surface area contributed by atoms with E-state index in [1.807, 2.05) is 0 Å². The Morgan fingerprint density at radius 3 is 2.46 bits per heavy atom. The van der Waals surface area contributed by atoms with E-state index in [-0.39, 0.29) is 22.4 Å². The minimum absolute atomic E-state index is 0.0000592. The van der Waals surface area contributed by atoms with Gasteiger partial charge in [-0.2, -0.15) is 0 Å². The molecule has 3 aromatic rings. The van der Waals surface area contributed by atoms with Crippen molar-refractivity contribution in [3.05, 3.63) is 54.9 Å². The second-order valence-corrected chi connectivity index (χ2v) is 10.1. The summed E-state index contributed by atoms with van der Waals surface area (Å²) >= 11 is 0. The van der Waals surface area contributed by atoms with Crippen LogP contribution in [0.4, 0.5) is 0 Å². The highest BCUT2D eigenvalue weighted by Gasteiger charge is 2.23. The molecule has 8 nitrogen and oxygen atoms in total. The van der Waals surface area contributed by atoms with Gasteiger partial charge in [-0.05, 0) is 49.2 Å². The van der Waals surface area contributed by atoms with Gasteiger partial charge < -0.3 is 4.74 Å². The van der Waals surface area contributed by atoms with E-state index in [0.717, 1.165) is 16.8 Å². The predicted molar refractivity (Wildman–Crippen MR) is 103 cm³/mol. The Kier molecular flexibility index (Phi) is 4.96. The van der Waals surface area contributed by atoms with Crippen molar-refractivity contribution in [1.82, 2.24) is 13.7 Å². The molecule has 2 aromatic carbocycles. The maximum Gasteiger partial charge on any atom is 0.269 e. The number of hydrogen-bond donors (Lipinski definition) is 1. The molecule has 1 unspecified atom stereocenters. The highest BCUT2D eigenvalue weighted by Crippen LogP contribution is 2.21. The molecular weight excluding hydrogens is 402 g/mol. The van der Waals surface area contributed by atoms with Crippen LogP contribution in [0.3, 0.4) is 0 Å². The molecule has 1 aromatic heterocycles. The maximum atomic E-state index is 12.9. The van der Waals surface area contributed by atoms with Crippen molar-refractivity contribution in [2.75, 3.05) is 13.2 Å². The highest BCUT2D eigenvalue weighted by molar-refractivity contribution is 7.90. The van der Waals surface area contributed by atoms with Crippen LogP contribution in [0.2, 0.25) is 0 Å². The zero-order valence-electron chi connectivity index (χ0n) is 14.9.